The van der Waals surface area contributed by atoms with Crippen molar-refractivity contribution < 1.29 is 9.53 Å². The summed E-state index contributed by atoms with van der Waals surface area (Å²) in [4.78, 5) is 10.5. The van der Waals surface area contributed by atoms with Crippen LogP contribution >= 0.6 is 24.8 Å². The first kappa shape index (κ1) is 22.3. The van der Waals surface area contributed by atoms with E-state index in [-0.39, 0.29) is 37.3 Å². The third kappa shape index (κ3) is 11.3. The summed E-state index contributed by atoms with van der Waals surface area (Å²) in [6.45, 7) is 2.05. The number of hydrogen-bond donors (Lipinski definition) is 3. The number of amides is 1. The third-order valence-corrected chi connectivity index (χ3v) is 2.69. The Kier molecular flexibility index (Phi) is 14.8. The SMILES string of the molecule is Cl.Cl.NCCCCc1ccc(OCCNCC(N)=O)cc1. The molecule has 0 aliphatic heterocycles. The molecule has 5 nitrogen and oxygen atoms in total. The van der Waals surface area contributed by atoms with Gasteiger partial charge in [-0.25, -0.2) is 0 Å². The van der Waals surface area contributed by atoms with E-state index in [0.29, 0.717) is 13.2 Å². The van der Waals surface area contributed by atoms with E-state index in [4.69, 9.17) is 16.2 Å². The fourth-order valence-electron chi connectivity index (χ4n) is 1.68. The molecule has 0 aliphatic carbocycles. The first-order valence-electron chi connectivity index (χ1n) is 6.63. The van der Waals surface area contributed by atoms with E-state index in [1.54, 1.807) is 0 Å². The van der Waals surface area contributed by atoms with Crippen molar-refractivity contribution in [3.8, 4) is 5.75 Å². The summed E-state index contributed by atoms with van der Waals surface area (Å²) in [5.41, 5.74) is 11.8. The number of carbonyl (C=O) groups is 1. The summed E-state index contributed by atoms with van der Waals surface area (Å²) >= 11 is 0. The summed E-state index contributed by atoms with van der Waals surface area (Å²) in [5, 5.41) is 2.89. The Hall–Kier alpha value is -1.01. The van der Waals surface area contributed by atoms with Gasteiger partial charge in [0, 0.05) is 6.54 Å². The Morgan fingerprint density at radius 1 is 1.14 bits per heavy atom. The molecule has 0 unspecified atom stereocenters. The summed E-state index contributed by atoms with van der Waals surface area (Å²) in [6, 6.07) is 8.07. The predicted octanol–water partition coefficient (Wildman–Crippen LogP) is 1.27. The van der Waals surface area contributed by atoms with Crippen LogP contribution in [0.15, 0.2) is 24.3 Å². The van der Waals surface area contributed by atoms with Gasteiger partial charge < -0.3 is 21.5 Å². The molecule has 0 aromatic heterocycles. The van der Waals surface area contributed by atoms with Crippen molar-refractivity contribution >= 4 is 30.7 Å². The molecule has 0 heterocycles. The highest BCUT2D eigenvalue weighted by molar-refractivity contribution is 5.85. The number of hydrogen-bond acceptors (Lipinski definition) is 4. The summed E-state index contributed by atoms with van der Waals surface area (Å²) in [7, 11) is 0. The lowest BCUT2D eigenvalue weighted by atomic mass is 10.1. The number of nitrogens with two attached hydrogens (primary N) is 2. The minimum atomic E-state index is -0.359. The largest absolute Gasteiger partial charge is 0.492 e. The number of nitrogens with one attached hydrogen (secondary N) is 1. The highest BCUT2D eigenvalue weighted by Crippen LogP contribution is 2.13. The predicted molar refractivity (Wildman–Crippen MR) is 90.5 cm³/mol. The van der Waals surface area contributed by atoms with Gasteiger partial charge in [-0.15, -0.1) is 24.8 Å². The lowest BCUT2D eigenvalue weighted by Gasteiger charge is -2.07. The molecule has 122 valence electrons. The molecule has 0 atom stereocenters. The minimum absolute atomic E-state index is 0. The summed E-state index contributed by atoms with van der Waals surface area (Å²) in [6.07, 6.45) is 3.23. The molecular formula is C14H25Cl2N3O2. The van der Waals surface area contributed by atoms with Gasteiger partial charge in [0.1, 0.15) is 12.4 Å². The van der Waals surface area contributed by atoms with Crippen LogP contribution in [0.2, 0.25) is 0 Å². The number of benzene rings is 1. The van der Waals surface area contributed by atoms with Gasteiger partial charge in [0.15, 0.2) is 0 Å². The van der Waals surface area contributed by atoms with Crippen LogP contribution in [0.25, 0.3) is 0 Å². The maximum atomic E-state index is 10.5. The topological polar surface area (TPSA) is 90.4 Å². The number of primary amides is 1. The molecule has 7 heteroatoms. The number of carbonyl (C=O) groups excluding carboxylic acids is 1. The Labute approximate surface area is 138 Å². The van der Waals surface area contributed by atoms with E-state index in [1.807, 2.05) is 12.1 Å². The summed E-state index contributed by atoms with van der Waals surface area (Å²) < 4.78 is 5.53. The zero-order valence-electron chi connectivity index (χ0n) is 12.0. The molecule has 1 aromatic carbocycles. The standard InChI is InChI=1S/C14H23N3O2.2ClH/c15-8-2-1-3-12-4-6-13(7-5-12)19-10-9-17-11-14(16)18;;/h4-7,17H,1-3,8-11,15H2,(H2,16,18);2*1H. The Balaban J connectivity index is 0. The van der Waals surface area contributed by atoms with Crippen molar-refractivity contribution in [3.63, 3.8) is 0 Å². The number of rotatable bonds is 10. The second-order valence-corrected chi connectivity index (χ2v) is 4.38. The van der Waals surface area contributed by atoms with Crippen LogP contribution in [0.5, 0.6) is 5.75 Å². The molecule has 0 aliphatic rings. The third-order valence-electron chi connectivity index (χ3n) is 2.69. The number of halogens is 2. The molecule has 0 spiro atoms. The zero-order valence-corrected chi connectivity index (χ0v) is 13.7. The average Bonchev–Trinajstić information content (AvgIpc) is 2.40. The fraction of sp³-hybridized carbons (Fsp3) is 0.500. The van der Waals surface area contributed by atoms with E-state index >= 15 is 0 Å². The van der Waals surface area contributed by atoms with E-state index in [0.717, 1.165) is 31.6 Å². The van der Waals surface area contributed by atoms with Crippen LogP contribution in [-0.2, 0) is 11.2 Å². The molecule has 0 saturated carbocycles. The number of aryl methyl sites for hydroxylation is 1. The van der Waals surface area contributed by atoms with Gasteiger partial charge in [-0.2, -0.15) is 0 Å². The fourth-order valence-corrected chi connectivity index (χ4v) is 1.68. The van der Waals surface area contributed by atoms with Crippen LogP contribution in [-0.4, -0.2) is 32.1 Å². The monoisotopic (exact) mass is 337 g/mol. The first-order valence-corrected chi connectivity index (χ1v) is 6.63. The van der Waals surface area contributed by atoms with E-state index in [9.17, 15) is 4.79 Å². The van der Waals surface area contributed by atoms with Crippen molar-refractivity contribution in [2.24, 2.45) is 11.5 Å². The molecule has 1 amide bonds. The Morgan fingerprint density at radius 3 is 2.38 bits per heavy atom. The zero-order chi connectivity index (χ0) is 13.9. The van der Waals surface area contributed by atoms with Crippen LogP contribution in [0.1, 0.15) is 18.4 Å². The van der Waals surface area contributed by atoms with Gasteiger partial charge in [0.05, 0.1) is 6.54 Å². The van der Waals surface area contributed by atoms with Crippen LogP contribution in [0.4, 0.5) is 0 Å². The average molecular weight is 338 g/mol. The highest BCUT2D eigenvalue weighted by Gasteiger charge is 1.97. The van der Waals surface area contributed by atoms with Crippen molar-refractivity contribution in [1.82, 2.24) is 5.32 Å². The molecule has 21 heavy (non-hydrogen) atoms. The summed E-state index contributed by atoms with van der Waals surface area (Å²) in [5.74, 6) is 0.477. The van der Waals surface area contributed by atoms with Crippen molar-refractivity contribution in [3.05, 3.63) is 29.8 Å². The van der Waals surface area contributed by atoms with Gasteiger partial charge in [0.25, 0.3) is 0 Å². The molecule has 5 N–H and O–H groups in total. The smallest absolute Gasteiger partial charge is 0.231 e. The molecule has 0 fully saturated rings. The molecular weight excluding hydrogens is 313 g/mol. The molecule has 0 saturated heterocycles. The maximum Gasteiger partial charge on any atom is 0.231 e. The van der Waals surface area contributed by atoms with E-state index < -0.39 is 0 Å². The second kappa shape index (κ2) is 13.9. The highest BCUT2D eigenvalue weighted by atomic mass is 35.5. The Bertz CT molecular complexity index is 375. The van der Waals surface area contributed by atoms with Gasteiger partial charge in [-0.3, -0.25) is 4.79 Å². The Morgan fingerprint density at radius 2 is 1.81 bits per heavy atom. The van der Waals surface area contributed by atoms with Crippen LogP contribution < -0.4 is 21.5 Å². The maximum absolute atomic E-state index is 10.5. The van der Waals surface area contributed by atoms with E-state index in [2.05, 4.69) is 17.4 Å². The first-order chi connectivity index (χ1) is 9.22. The van der Waals surface area contributed by atoms with E-state index in [1.165, 1.54) is 5.56 Å². The lowest BCUT2D eigenvalue weighted by molar-refractivity contribution is -0.117. The van der Waals surface area contributed by atoms with Crippen molar-refractivity contribution in [1.29, 1.82) is 0 Å². The number of ether oxygens (including phenoxy) is 1. The lowest BCUT2D eigenvalue weighted by Crippen LogP contribution is -2.31. The normalized spacial score (nSPS) is 9.38. The molecule has 0 radical (unpaired) electrons. The molecule has 1 rings (SSSR count). The molecule has 1 aromatic rings. The van der Waals surface area contributed by atoms with Gasteiger partial charge in [-0.1, -0.05) is 12.1 Å². The van der Waals surface area contributed by atoms with Crippen molar-refractivity contribution in [2.45, 2.75) is 19.3 Å². The number of unbranched alkanes of at least 4 members (excludes halogenated alkanes) is 1. The van der Waals surface area contributed by atoms with Gasteiger partial charge in [0.2, 0.25) is 5.91 Å². The second-order valence-electron chi connectivity index (χ2n) is 4.38. The van der Waals surface area contributed by atoms with Gasteiger partial charge >= 0.3 is 0 Å². The minimum Gasteiger partial charge on any atom is -0.492 e. The quantitative estimate of drug-likeness (QED) is 0.560. The van der Waals surface area contributed by atoms with Crippen LogP contribution in [0, 0.1) is 0 Å². The molecule has 0 bridgehead atoms. The van der Waals surface area contributed by atoms with Crippen LogP contribution in [0.3, 0.4) is 0 Å². The van der Waals surface area contributed by atoms with Crippen molar-refractivity contribution in [2.75, 3.05) is 26.2 Å². The van der Waals surface area contributed by atoms with Gasteiger partial charge in [-0.05, 0) is 43.5 Å².